The minimum atomic E-state index is -0.213. The maximum absolute atomic E-state index is 14.0. The molecule has 1 N–H and O–H groups in total. The van der Waals surface area contributed by atoms with Gasteiger partial charge in [0.25, 0.3) is 0 Å². The van der Waals surface area contributed by atoms with Crippen molar-refractivity contribution in [3.63, 3.8) is 0 Å². The van der Waals surface area contributed by atoms with E-state index < -0.39 is 0 Å². The minimum Gasteiger partial charge on any atom is -0.311 e. The molecule has 2 nitrogen and oxygen atoms in total. The maximum atomic E-state index is 14.0. The van der Waals surface area contributed by atoms with E-state index in [1.165, 1.54) is 19.3 Å². The molecule has 0 aromatic heterocycles. The van der Waals surface area contributed by atoms with Crippen LogP contribution in [-0.4, -0.2) is 17.9 Å². The lowest BCUT2D eigenvalue weighted by Gasteiger charge is -2.39. The summed E-state index contributed by atoms with van der Waals surface area (Å²) in [6.45, 7) is 1.75. The Morgan fingerprint density at radius 1 is 1.30 bits per heavy atom. The molecule has 0 aliphatic carbocycles. The van der Waals surface area contributed by atoms with Crippen LogP contribution in [-0.2, 0) is 11.2 Å². The number of hydrogen-bond acceptors (Lipinski definition) is 2. The van der Waals surface area contributed by atoms with Crippen molar-refractivity contribution in [2.24, 2.45) is 5.92 Å². The van der Waals surface area contributed by atoms with Crippen LogP contribution in [0.4, 0.5) is 4.39 Å². The first-order valence-corrected chi connectivity index (χ1v) is 7.66. The lowest BCUT2D eigenvalue weighted by Crippen LogP contribution is -2.50. The van der Waals surface area contributed by atoms with Crippen molar-refractivity contribution in [3.8, 4) is 0 Å². The fourth-order valence-corrected chi connectivity index (χ4v) is 3.71. The minimum absolute atomic E-state index is 0.117. The van der Waals surface area contributed by atoms with Gasteiger partial charge in [-0.05, 0) is 43.7 Å². The number of carbonyl (C=O) groups is 1. The second kappa shape index (κ2) is 5.65. The molecule has 0 spiro atoms. The molecule has 0 amide bonds. The predicted octanol–water partition coefficient (Wildman–Crippen LogP) is 3.17. The first kappa shape index (κ1) is 13.7. The highest BCUT2D eigenvalue weighted by atomic mass is 19.1. The van der Waals surface area contributed by atoms with E-state index in [0.717, 1.165) is 12.8 Å². The molecule has 2 heterocycles. The van der Waals surface area contributed by atoms with Gasteiger partial charge in [-0.1, -0.05) is 24.6 Å². The Kier molecular flexibility index (Phi) is 3.88. The van der Waals surface area contributed by atoms with Gasteiger partial charge in [-0.15, -0.1) is 0 Å². The van der Waals surface area contributed by atoms with Crippen LogP contribution in [0.25, 0.3) is 0 Å². The van der Waals surface area contributed by atoms with E-state index in [9.17, 15) is 9.18 Å². The highest BCUT2D eigenvalue weighted by molar-refractivity contribution is 5.83. The van der Waals surface area contributed by atoms with Gasteiger partial charge in [0, 0.05) is 24.4 Å². The van der Waals surface area contributed by atoms with Crippen molar-refractivity contribution in [1.82, 2.24) is 5.32 Å². The Labute approximate surface area is 119 Å². The zero-order chi connectivity index (χ0) is 14.1. The maximum Gasteiger partial charge on any atom is 0.140 e. The van der Waals surface area contributed by atoms with Crippen molar-refractivity contribution in [2.75, 3.05) is 0 Å². The van der Waals surface area contributed by atoms with Crippen LogP contribution >= 0.6 is 0 Å². The molecule has 0 radical (unpaired) electrons. The highest BCUT2D eigenvalue weighted by Crippen LogP contribution is 2.31. The summed E-state index contributed by atoms with van der Waals surface area (Å²) in [5.41, 5.74) is 1.18. The molecular weight excluding hydrogens is 253 g/mol. The normalized spacial score (nSPS) is 29.2. The number of piperidine rings is 2. The van der Waals surface area contributed by atoms with Crippen molar-refractivity contribution >= 4 is 5.78 Å². The lowest BCUT2D eigenvalue weighted by atomic mass is 9.77. The summed E-state index contributed by atoms with van der Waals surface area (Å²) >= 11 is 0. The third-order valence-corrected chi connectivity index (χ3v) is 4.81. The fourth-order valence-electron chi connectivity index (χ4n) is 3.71. The van der Waals surface area contributed by atoms with E-state index in [1.54, 1.807) is 19.1 Å². The van der Waals surface area contributed by atoms with E-state index in [2.05, 4.69) is 5.32 Å². The van der Waals surface area contributed by atoms with E-state index >= 15 is 0 Å². The number of carbonyl (C=O) groups excluding carboxylic acids is 1. The van der Waals surface area contributed by atoms with E-state index in [-0.39, 0.29) is 23.9 Å². The van der Waals surface area contributed by atoms with Gasteiger partial charge in [-0.3, -0.25) is 4.79 Å². The monoisotopic (exact) mass is 275 g/mol. The van der Waals surface area contributed by atoms with Crippen LogP contribution in [0.5, 0.6) is 0 Å². The number of Topliss-reactive ketones (excluding diaryl/α,β-unsaturated/α-hetero) is 1. The molecule has 1 aromatic rings. The smallest absolute Gasteiger partial charge is 0.140 e. The Hall–Kier alpha value is -1.22. The molecule has 2 unspecified atom stereocenters. The number of ketones is 1. The van der Waals surface area contributed by atoms with Crippen molar-refractivity contribution in [2.45, 2.75) is 57.5 Å². The number of nitrogens with one attached hydrogen (secondary N) is 1. The predicted molar refractivity (Wildman–Crippen MR) is 77.1 cm³/mol. The van der Waals surface area contributed by atoms with E-state index in [1.807, 2.05) is 6.07 Å². The summed E-state index contributed by atoms with van der Waals surface area (Å²) in [7, 11) is 0. The number of aryl methyl sites for hydroxylation is 1. The summed E-state index contributed by atoms with van der Waals surface area (Å²) in [5, 5.41) is 3.60. The van der Waals surface area contributed by atoms with E-state index in [4.69, 9.17) is 0 Å². The molecule has 0 saturated carbocycles. The first-order chi connectivity index (χ1) is 9.63. The molecule has 2 saturated heterocycles. The molecule has 108 valence electrons. The van der Waals surface area contributed by atoms with Crippen molar-refractivity contribution in [1.29, 1.82) is 0 Å². The molecule has 3 heteroatoms. The quantitative estimate of drug-likeness (QED) is 0.918. The van der Waals surface area contributed by atoms with Crippen LogP contribution in [0.2, 0.25) is 0 Å². The number of halogens is 1. The molecular formula is C17H22FNO. The Bertz CT molecular complexity index is 502. The van der Waals surface area contributed by atoms with Crippen molar-refractivity contribution < 1.29 is 9.18 Å². The highest BCUT2D eigenvalue weighted by Gasteiger charge is 2.34. The molecule has 1 aromatic carbocycles. The molecule has 2 atom stereocenters. The van der Waals surface area contributed by atoms with Crippen LogP contribution in [0.1, 0.15) is 43.2 Å². The second-order valence-corrected chi connectivity index (χ2v) is 6.35. The topological polar surface area (TPSA) is 29.1 Å². The van der Waals surface area contributed by atoms with Crippen LogP contribution in [0, 0.1) is 18.7 Å². The van der Waals surface area contributed by atoms with Gasteiger partial charge in [-0.2, -0.15) is 0 Å². The average molecular weight is 275 g/mol. The summed E-state index contributed by atoms with van der Waals surface area (Å²) in [4.78, 5) is 12.5. The van der Waals surface area contributed by atoms with Gasteiger partial charge < -0.3 is 5.32 Å². The standard InChI is InChI=1S/C17H22FNO/c1-11-4-2-5-12(17(11)18)10-16(20)13-8-14-6-3-7-15(9-13)19-14/h2,4-5,13-15,19H,3,6-10H2,1H3. The third kappa shape index (κ3) is 2.78. The summed E-state index contributed by atoms with van der Waals surface area (Å²) in [5.74, 6) is 0.120. The van der Waals surface area contributed by atoms with Gasteiger partial charge in [0.05, 0.1) is 0 Å². The first-order valence-electron chi connectivity index (χ1n) is 7.66. The number of fused-ring (bicyclic) bond motifs is 2. The zero-order valence-electron chi connectivity index (χ0n) is 12.0. The number of rotatable bonds is 3. The van der Waals surface area contributed by atoms with E-state index in [0.29, 0.717) is 23.2 Å². The van der Waals surface area contributed by atoms with Crippen molar-refractivity contribution in [3.05, 3.63) is 35.1 Å². The summed E-state index contributed by atoms with van der Waals surface area (Å²) in [6, 6.07) is 6.32. The number of hydrogen-bond donors (Lipinski definition) is 1. The molecule has 20 heavy (non-hydrogen) atoms. The second-order valence-electron chi connectivity index (χ2n) is 6.35. The van der Waals surface area contributed by atoms with Gasteiger partial charge in [0.1, 0.15) is 11.6 Å². The average Bonchev–Trinajstić information content (AvgIpc) is 2.43. The Balaban J connectivity index is 1.68. The van der Waals surface area contributed by atoms with Gasteiger partial charge in [-0.25, -0.2) is 4.39 Å². The summed E-state index contributed by atoms with van der Waals surface area (Å²) < 4.78 is 14.0. The third-order valence-electron chi connectivity index (χ3n) is 4.81. The van der Waals surface area contributed by atoms with Gasteiger partial charge in [0.2, 0.25) is 0 Å². The SMILES string of the molecule is Cc1cccc(CC(=O)C2CC3CCCC(C2)N3)c1F. The fraction of sp³-hybridized carbons (Fsp3) is 0.588. The Morgan fingerprint density at radius 3 is 2.70 bits per heavy atom. The molecule has 2 bridgehead atoms. The number of benzene rings is 1. The zero-order valence-corrected chi connectivity index (χ0v) is 12.0. The Morgan fingerprint density at radius 2 is 2.00 bits per heavy atom. The lowest BCUT2D eigenvalue weighted by molar-refractivity contribution is -0.124. The van der Waals surface area contributed by atoms with Crippen LogP contribution in [0.15, 0.2) is 18.2 Å². The molecule has 3 rings (SSSR count). The molecule has 2 fully saturated rings. The van der Waals surface area contributed by atoms with Gasteiger partial charge in [0.15, 0.2) is 0 Å². The molecule has 2 aliphatic heterocycles. The summed E-state index contributed by atoms with van der Waals surface area (Å²) in [6.07, 6.45) is 5.75. The molecule has 2 aliphatic rings. The largest absolute Gasteiger partial charge is 0.311 e. The van der Waals surface area contributed by atoms with Crippen LogP contribution < -0.4 is 5.32 Å². The van der Waals surface area contributed by atoms with Crippen LogP contribution in [0.3, 0.4) is 0 Å². The van der Waals surface area contributed by atoms with Gasteiger partial charge >= 0.3 is 0 Å².